The molecule has 1 atom stereocenters. The van der Waals surface area contributed by atoms with E-state index in [1.807, 2.05) is 25.1 Å². The fourth-order valence-corrected chi connectivity index (χ4v) is 2.32. The third-order valence-electron chi connectivity index (χ3n) is 2.94. The van der Waals surface area contributed by atoms with Crippen LogP contribution in [-0.2, 0) is 4.74 Å². The highest BCUT2D eigenvalue weighted by Gasteiger charge is 2.18. The van der Waals surface area contributed by atoms with Crippen LogP contribution in [0.5, 0.6) is 0 Å². The fraction of sp³-hybridized carbons (Fsp3) is 0.462. The molecular formula is C13H16BrNO2. The van der Waals surface area contributed by atoms with Crippen LogP contribution in [0.25, 0.3) is 0 Å². The molecule has 1 N–H and O–H groups in total. The normalized spacial score (nSPS) is 20.0. The zero-order valence-electron chi connectivity index (χ0n) is 9.83. The van der Waals surface area contributed by atoms with E-state index in [9.17, 15) is 4.79 Å². The number of amides is 1. The minimum Gasteiger partial charge on any atom is -0.379 e. The van der Waals surface area contributed by atoms with Gasteiger partial charge in [0.15, 0.2) is 0 Å². The van der Waals surface area contributed by atoms with Crippen molar-refractivity contribution >= 4 is 21.8 Å². The maximum atomic E-state index is 12.1. The predicted octanol–water partition coefficient (Wildman–Crippen LogP) is 2.67. The number of aryl methyl sites for hydroxylation is 1. The molecule has 1 amide bonds. The number of halogens is 1. The Morgan fingerprint density at radius 2 is 2.35 bits per heavy atom. The van der Waals surface area contributed by atoms with Gasteiger partial charge in [-0.3, -0.25) is 4.79 Å². The van der Waals surface area contributed by atoms with E-state index >= 15 is 0 Å². The van der Waals surface area contributed by atoms with E-state index in [1.165, 1.54) is 0 Å². The summed E-state index contributed by atoms with van der Waals surface area (Å²) in [5.41, 5.74) is 1.72. The second kappa shape index (κ2) is 5.65. The standard InChI is InChI=1S/C13H16BrNO2/c1-9-4-5-10(14)7-12(9)13(16)15-11-3-2-6-17-8-11/h4-5,7,11H,2-3,6,8H2,1H3,(H,15,16). The number of hydrogen-bond donors (Lipinski definition) is 1. The molecule has 1 saturated heterocycles. The molecule has 0 aliphatic carbocycles. The van der Waals surface area contributed by atoms with Gasteiger partial charge in [0.05, 0.1) is 12.6 Å². The molecule has 17 heavy (non-hydrogen) atoms. The third kappa shape index (κ3) is 3.30. The monoisotopic (exact) mass is 297 g/mol. The first kappa shape index (κ1) is 12.6. The number of nitrogens with one attached hydrogen (secondary N) is 1. The van der Waals surface area contributed by atoms with Crippen molar-refractivity contribution in [2.45, 2.75) is 25.8 Å². The zero-order valence-corrected chi connectivity index (χ0v) is 11.4. The molecule has 1 fully saturated rings. The molecule has 3 nitrogen and oxygen atoms in total. The molecule has 1 aliphatic heterocycles. The number of ether oxygens (including phenoxy) is 1. The van der Waals surface area contributed by atoms with Gasteiger partial charge >= 0.3 is 0 Å². The summed E-state index contributed by atoms with van der Waals surface area (Å²) in [5, 5.41) is 3.02. The SMILES string of the molecule is Cc1ccc(Br)cc1C(=O)NC1CCCOC1. The average Bonchev–Trinajstić information content (AvgIpc) is 2.33. The van der Waals surface area contributed by atoms with E-state index in [1.54, 1.807) is 0 Å². The van der Waals surface area contributed by atoms with Crippen molar-refractivity contribution in [1.82, 2.24) is 5.32 Å². The van der Waals surface area contributed by atoms with Crippen molar-refractivity contribution in [3.8, 4) is 0 Å². The summed E-state index contributed by atoms with van der Waals surface area (Å²) in [5.74, 6) is -0.0145. The molecule has 2 rings (SSSR count). The van der Waals surface area contributed by atoms with Crippen LogP contribution in [-0.4, -0.2) is 25.2 Å². The highest BCUT2D eigenvalue weighted by atomic mass is 79.9. The third-order valence-corrected chi connectivity index (χ3v) is 3.43. The van der Waals surface area contributed by atoms with E-state index < -0.39 is 0 Å². The molecule has 92 valence electrons. The molecule has 1 aromatic rings. The van der Waals surface area contributed by atoms with Crippen molar-refractivity contribution in [1.29, 1.82) is 0 Å². The molecule has 0 saturated carbocycles. The minimum absolute atomic E-state index is 0.0145. The number of carbonyl (C=O) groups excluding carboxylic acids is 1. The van der Waals surface area contributed by atoms with Gasteiger partial charge in [-0.05, 0) is 37.5 Å². The van der Waals surface area contributed by atoms with Gasteiger partial charge in [0.25, 0.3) is 5.91 Å². The molecule has 0 radical (unpaired) electrons. The average molecular weight is 298 g/mol. The Bertz CT molecular complexity index is 414. The van der Waals surface area contributed by atoms with Gasteiger partial charge in [0.1, 0.15) is 0 Å². The first-order chi connectivity index (χ1) is 8.16. The molecule has 1 aromatic carbocycles. The lowest BCUT2D eigenvalue weighted by molar-refractivity contribution is 0.0624. The summed E-state index contributed by atoms with van der Waals surface area (Å²) < 4.78 is 6.27. The fourth-order valence-electron chi connectivity index (χ4n) is 1.96. The van der Waals surface area contributed by atoms with Crippen LogP contribution in [0.4, 0.5) is 0 Å². The topological polar surface area (TPSA) is 38.3 Å². The molecule has 1 aliphatic rings. The number of rotatable bonds is 2. The quantitative estimate of drug-likeness (QED) is 0.911. The van der Waals surface area contributed by atoms with E-state index in [0.29, 0.717) is 6.61 Å². The van der Waals surface area contributed by atoms with Crippen LogP contribution < -0.4 is 5.32 Å². The number of hydrogen-bond acceptors (Lipinski definition) is 2. The molecule has 1 unspecified atom stereocenters. The maximum Gasteiger partial charge on any atom is 0.251 e. The summed E-state index contributed by atoms with van der Waals surface area (Å²) in [6.45, 7) is 3.37. The molecule has 0 aromatic heterocycles. The van der Waals surface area contributed by atoms with Crippen LogP contribution in [0.15, 0.2) is 22.7 Å². The Balaban J connectivity index is 2.05. The molecule has 0 spiro atoms. The lowest BCUT2D eigenvalue weighted by atomic mass is 10.1. The summed E-state index contributed by atoms with van der Waals surface area (Å²) in [6, 6.07) is 5.88. The summed E-state index contributed by atoms with van der Waals surface area (Å²) in [7, 11) is 0. The van der Waals surface area contributed by atoms with Gasteiger partial charge < -0.3 is 10.1 Å². The lowest BCUT2D eigenvalue weighted by Gasteiger charge is -2.23. The predicted molar refractivity (Wildman–Crippen MR) is 70.2 cm³/mol. The van der Waals surface area contributed by atoms with E-state index in [0.717, 1.165) is 35.0 Å². The first-order valence-electron chi connectivity index (χ1n) is 5.81. The molecular weight excluding hydrogens is 282 g/mol. The van der Waals surface area contributed by atoms with Crippen LogP contribution in [0.3, 0.4) is 0 Å². The van der Waals surface area contributed by atoms with Crippen molar-refractivity contribution in [3.05, 3.63) is 33.8 Å². The molecule has 4 heteroatoms. The second-order valence-corrected chi connectivity index (χ2v) is 5.26. The molecule has 0 bridgehead atoms. The van der Waals surface area contributed by atoms with Crippen LogP contribution in [0.1, 0.15) is 28.8 Å². The van der Waals surface area contributed by atoms with Gasteiger partial charge in [0.2, 0.25) is 0 Å². The summed E-state index contributed by atoms with van der Waals surface area (Å²) >= 11 is 3.39. The van der Waals surface area contributed by atoms with Crippen molar-refractivity contribution in [3.63, 3.8) is 0 Å². The number of carbonyl (C=O) groups is 1. The minimum atomic E-state index is -0.0145. The van der Waals surface area contributed by atoms with Crippen LogP contribution >= 0.6 is 15.9 Å². The maximum absolute atomic E-state index is 12.1. The zero-order chi connectivity index (χ0) is 12.3. The van der Waals surface area contributed by atoms with Gasteiger partial charge in [0, 0.05) is 16.6 Å². The largest absolute Gasteiger partial charge is 0.379 e. The second-order valence-electron chi connectivity index (χ2n) is 4.35. The Hall–Kier alpha value is -0.870. The Morgan fingerprint density at radius 3 is 3.06 bits per heavy atom. The van der Waals surface area contributed by atoms with E-state index in [-0.39, 0.29) is 11.9 Å². The Kier molecular flexibility index (Phi) is 4.18. The lowest BCUT2D eigenvalue weighted by Crippen LogP contribution is -2.40. The van der Waals surface area contributed by atoms with Crippen LogP contribution in [0, 0.1) is 6.92 Å². The van der Waals surface area contributed by atoms with Crippen LogP contribution in [0.2, 0.25) is 0 Å². The first-order valence-corrected chi connectivity index (χ1v) is 6.61. The van der Waals surface area contributed by atoms with Crippen molar-refractivity contribution in [2.75, 3.05) is 13.2 Å². The van der Waals surface area contributed by atoms with Gasteiger partial charge in [-0.25, -0.2) is 0 Å². The Labute approximate surface area is 110 Å². The number of benzene rings is 1. The summed E-state index contributed by atoms with van der Waals surface area (Å²) in [4.78, 5) is 12.1. The summed E-state index contributed by atoms with van der Waals surface area (Å²) in [6.07, 6.45) is 2.02. The Morgan fingerprint density at radius 1 is 1.53 bits per heavy atom. The van der Waals surface area contributed by atoms with E-state index in [2.05, 4.69) is 21.2 Å². The highest BCUT2D eigenvalue weighted by molar-refractivity contribution is 9.10. The molecule has 1 heterocycles. The van der Waals surface area contributed by atoms with Crippen molar-refractivity contribution < 1.29 is 9.53 Å². The van der Waals surface area contributed by atoms with Gasteiger partial charge in [-0.2, -0.15) is 0 Å². The van der Waals surface area contributed by atoms with Crippen molar-refractivity contribution in [2.24, 2.45) is 0 Å². The van der Waals surface area contributed by atoms with Gasteiger partial charge in [-0.1, -0.05) is 22.0 Å². The van der Waals surface area contributed by atoms with E-state index in [4.69, 9.17) is 4.74 Å². The smallest absolute Gasteiger partial charge is 0.251 e. The van der Waals surface area contributed by atoms with Gasteiger partial charge in [-0.15, -0.1) is 0 Å². The highest BCUT2D eigenvalue weighted by Crippen LogP contribution is 2.16.